The molecule has 1 aliphatic heterocycles. The van der Waals surface area contributed by atoms with E-state index in [4.69, 9.17) is 16.3 Å². The van der Waals surface area contributed by atoms with Crippen LogP contribution in [-0.2, 0) is 11.3 Å². The lowest BCUT2D eigenvalue weighted by molar-refractivity contribution is 0.109. The SMILES string of the molecule is Clc1cnccc1COCCC1CCNC1. The molecule has 0 amide bonds. The second kappa shape index (κ2) is 6.18. The lowest BCUT2D eigenvalue weighted by Gasteiger charge is -2.09. The van der Waals surface area contributed by atoms with Gasteiger partial charge in [-0.15, -0.1) is 0 Å². The highest BCUT2D eigenvalue weighted by molar-refractivity contribution is 6.31. The third kappa shape index (κ3) is 3.44. The first-order valence-corrected chi connectivity index (χ1v) is 6.11. The fourth-order valence-electron chi connectivity index (χ4n) is 1.91. The number of rotatable bonds is 5. The summed E-state index contributed by atoms with van der Waals surface area (Å²) in [5.74, 6) is 0.785. The average molecular weight is 241 g/mol. The summed E-state index contributed by atoms with van der Waals surface area (Å²) in [4.78, 5) is 3.94. The second-order valence-corrected chi connectivity index (χ2v) is 4.57. The number of pyridine rings is 1. The predicted molar refractivity (Wildman–Crippen MR) is 64.5 cm³/mol. The lowest BCUT2D eigenvalue weighted by atomic mass is 10.1. The average Bonchev–Trinajstić information content (AvgIpc) is 2.79. The number of nitrogens with zero attached hydrogens (tertiary/aromatic N) is 1. The fourth-order valence-corrected chi connectivity index (χ4v) is 2.09. The molecule has 1 N–H and O–H groups in total. The molecule has 0 radical (unpaired) electrons. The molecular weight excluding hydrogens is 224 g/mol. The van der Waals surface area contributed by atoms with E-state index in [1.165, 1.54) is 6.42 Å². The molecule has 1 unspecified atom stereocenters. The van der Waals surface area contributed by atoms with Gasteiger partial charge in [0.2, 0.25) is 0 Å². The zero-order valence-electron chi connectivity index (χ0n) is 9.29. The van der Waals surface area contributed by atoms with Crippen molar-refractivity contribution in [2.24, 2.45) is 5.92 Å². The maximum atomic E-state index is 5.98. The van der Waals surface area contributed by atoms with Crippen LogP contribution < -0.4 is 5.32 Å². The third-order valence-corrected chi connectivity index (χ3v) is 3.29. The molecule has 1 aliphatic rings. The van der Waals surface area contributed by atoms with Gasteiger partial charge < -0.3 is 10.1 Å². The Hall–Kier alpha value is -0.640. The topological polar surface area (TPSA) is 34.1 Å². The van der Waals surface area contributed by atoms with Crippen molar-refractivity contribution in [2.75, 3.05) is 19.7 Å². The summed E-state index contributed by atoms with van der Waals surface area (Å²) in [5.41, 5.74) is 1.02. The molecule has 2 rings (SSSR count). The standard InChI is InChI=1S/C12H17ClN2O/c13-12-8-15-5-2-11(12)9-16-6-3-10-1-4-14-7-10/h2,5,8,10,14H,1,3-4,6-7,9H2. The number of nitrogens with one attached hydrogen (secondary N) is 1. The van der Waals surface area contributed by atoms with Gasteiger partial charge in [0.25, 0.3) is 0 Å². The molecule has 1 fully saturated rings. The van der Waals surface area contributed by atoms with Crippen molar-refractivity contribution in [2.45, 2.75) is 19.4 Å². The molecule has 0 bridgehead atoms. The van der Waals surface area contributed by atoms with Crippen LogP contribution in [0.2, 0.25) is 5.02 Å². The molecule has 1 atom stereocenters. The molecule has 4 heteroatoms. The lowest BCUT2D eigenvalue weighted by Crippen LogP contribution is -2.10. The summed E-state index contributed by atoms with van der Waals surface area (Å²) >= 11 is 5.98. The molecule has 88 valence electrons. The summed E-state index contributed by atoms with van der Waals surface area (Å²) in [5, 5.41) is 4.04. The Morgan fingerprint density at radius 1 is 1.56 bits per heavy atom. The first-order chi connectivity index (χ1) is 7.86. The quantitative estimate of drug-likeness (QED) is 0.802. The molecule has 1 saturated heterocycles. The summed E-state index contributed by atoms with van der Waals surface area (Å²) in [7, 11) is 0. The minimum absolute atomic E-state index is 0.585. The second-order valence-electron chi connectivity index (χ2n) is 4.17. The van der Waals surface area contributed by atoms with E-state index in [1.54, 1.807) is 12.4 Å². The van der Waals surface area contributed by atoms with Crippen molar-refractivity contribution < 1.29 is 4.74 Å². The molecule has 3 nitrogen and oxygen atoms in total. The summed E-state index contributed by atoms with van der Waals surface area (Å²) in [6.45, 7) is 3.69. The van der Waals surface area contributed by atoms with Gasteiger partial charge in [-0.05, 0) is 43.5 Å². The van der Waals surface area contributed by atoms with Gasteiger partial charge in [-0.25, -0.2) is 0 Å². The van der Waals surface area contributed by atoms with E-state index in [0.29, 0.717) is 11.6 Å². The van der Waals surface area contributed by atoms with Crippen molar-refractivity contribution in [3.8, 4) is 0 Å². The first-order valence-electron chi connectivity index (χ1n) is 5.73. The molecule has 1 aromatic heterocycles. The zero-order valence-corrected chi connectivity index (χ0v) is 10.0. The van der Waals surface area contributed by atoms with Crippen molar-refractivity contribution in [1.29, 1.82) is 0 Å². The van der Waals surface area contributed by atoms with Crippen LogP contribution in [0, 0.1) is 5.92 Å². The number of hydrogen-bond acceptors (Lipinski definition) is 3. The van der Waals surface area contributed by atoms with Crippen LogP contribution in [0.15, 0.2) is 18.5 Å². The smallest absolute Gasteiger partial charge is 0.0732 e. The van der Waals surface area contributed by atoms with E-state index in [2.05, 4.69) is 10.3 Å². The van der Waals surface area contributed by atoms with Crippen LogP contribution in [0.3, 0.4) is 0 Å². The maximum Gasteiger partial charge on any atom is 0.0732 e. The summed E-state index contributed by atoms with van der Waals surface area (Å²) in [6, 6.07) is 1.90. The Morgan fingerprint density at radius 3 is 3.25 bits per heavy atom. The minimum Gasteiger partial charge on any atom is -0.377 e. The van der Waals surface area contributed by atoms with Crippen molar-refractivity contribution in [3.63, 3.8) is 0 Å². The molecule has 0 spiro atoms. The van der Waals surface area contributed by atoms with E-state index in [-0.39, 0.29) is 0 Å². The monoisotopic (exact) mass is 240 g/mol. The molecular formula is C12H17ClN2O. The molecule has 1 aromatic rings. The molecule has 0 aliphatic carbocycles. The normalized spacial score (nSPS) is 20.2. The molecule has 0 aromatic carbocycles. The Bertz CT molecular complexity index is 327. The Labute approximate surface area is 101 Å². The highest BCUT2D eigenvalue weighted by Crippen LogP contribution is 2.16. The molecule has 16 heavy (non-hydrogen) atoms. The maximum absolute atomic E-state index is 5.98. The van der Waals surface area contributed by atoms with Gasteiger partial charge >= 0.3 is 0 Å². The van der Waals surface area contributed by atoms with E-state index in [9.17, 15) is 0 Å². The van der Waals surface area contributed by atoms with Crippen molar-refractivity contribution >= 4 is 11.6 Å². The third-order valence-electron chi connectivity index (χ3n) is 2.95. The largest absolute Gasteiger partial charge is 0.377 e. The number of ether oxygens (including phenoxy) is 1. The van der Waals surface area contributed by atoms with Crippen LogP contribution in [0.5, 0.6) is 0 Å². The Morgan fingerprint density at radius 2 is 2.50 bits per heavy atom. The van der Waals surface area contributed by atoms with Gasteiger partial charge in [0.15, 0.2) is 0 Å². The Kier molecular flexibility index (Phi) is 4.57. The Balaban J connectivity index is 1.66. The van der Waals surface area contributed by atoms with Gasteiger partial charge in [0.1, 0.15) is 0 Å². The van der Waals surface area contributed by atoms with Crippen molar-refractivity contribution in [3.05, 3.63) is 29.0 Å². The van der Waals surface area contributed by atoms with Gasteiger partial charge in [-0.1, -0.05) is 11.6 Å². The number of hydrogen-bond donors (Lipinski definition) is 1. The van der Waals surface area contributed by atoms with E-state index >= 15 is 0 Å². The number of halogens is 1. The van der Waals surface area contributed by atoms with Crippen LogP contribution in [0.4, 0.5) is 0 Å². The van der Waals surface area contributed by atoms with Gasteiger partial charge in [-0.2, -0.15) is 0 Å². The van der Waals surface area contributed by atoms with Crippen LogP contribution >= 0.6 is 11.6 Å². The molecule has 0 saturated carbocycles. The van der Waals surface area contributed by atoms with Gasteiger partial charge in [0, 0.05) is 19.0 Å². The highest BCUT2D eigenvalue weighted by Gasteiger charge is 2.13. The minimum atomic E-state index is 0.585. The van der Waals surface area contributed by atoms with Crippen LogP contribution in [-0.4, -0.2) is 24.7 Å². The summed E-state index contributed by atoms with van der Waals surface area (Å²) in [6.07, 6.45) is 5.81. The van der Waals surface area contributed by atoms with E-state index in [1.807, 2.05) is 6.07 Å². The summed E-state index contributed by atoms with van der Waals surface area (Å²) < 4.78 is 5.62. The number of aromatic nitrogens is 1. The van der Waals surface area contributed by atoms with Crippen LogP contribution in [0.25, 0.3) is 0 Å². The van der Waals surface area contributed by atoms with Crippen molar-refractivity contribution in [1.82, 2.24) is 10.3 Å². The highest BCUT2D eigenvalue weighted by atomic mass is 35.5. The predicted octanol–water partition coefficient (Wildman–Crippen LogP) is 2.25. The van der Waals surface area contributed by atoms with E-state index in [0.717, 1.165) is 37.6 Å². The first kappa shape index (κ1) is 11.8. The fraction of sp³-hybridized carbons (Fsp3) is 0.583. The van der Waals surface area contributed by atoms with Crippen LogP contribution in [0.1, 0.15) is 18.4 Å². The van der Waals surface area contributed by atoms with E-state index < -0.39 is 0 Å². The molecule has 2 heterocycles. The van der Waals surface area contributed by atoms with Gasteiger partial charge in [-0.3, -0.25) is 4.98 Å². The van der Waals surface area contributed by atoms with Gasteiger partial charge in [0.05, 0.1) is 11.6 Å². The zero-order chi connectivity index (χ0) is 11.2.